The van der Waals surface area contributed by atoms with Crippen molar-refractivity contribution in [2.45, 2.75) is 33.2 Å². The molecule has 2 unspecified atom stereocenters. The first kappa shape index (κ1) is 14.1. The van der Waals surface area contributed by atoms with E-state index in [4.69, 9.17) is 5.73 Å². The van der Waals surface area contributed by atoms with Gasteiger partial charge in [0.2, 0.25) is 0 Å². The zero-order valence-corrected chi connectivity index (χ0v) is 11.3. The van der Waals surface area contributed by atoms with Gasteiger partial charge in [-0.2, -0.15) is 0 Å². The van der Waals surface area contributed by atoms with E-state index in [0.29, 0.717) is 12.5 Å². The molecule has 1 aromatic rings. The van der Waals surface area contributed by atoms with Gasteiger partial charge in [-0.15, -0.1) is 0 Å². The average molecular weight is 235 g/mol. The van der Waals surface area contributed by atoms with Crippen molar-refractivity contribution < 1.29 is 0 Å². The van der Waals surface area contributed by atoms with Gasteiger partial charge in [0.1, 0.15) is 0 Å². The Morgan fingerprint density at radius 3 is 2.59 bits per heavy atom. The lowest BCUT2D eigenvalue weighted by atomic mass is 10.1. The molecule has 0 amide bonds. The molecule has 0 aliphatic heterocycles. The Morgan fingerprint density at radius 2 is 2.12 bits per heavy atom. The molecule has 1 aromatic heterocycles. The molecule has 0 spiro atoms. The highest BCUT2D eigenvalue weighted by Gasteiger charge is 2.19. The van der Waals surface area contributed by atoms with Crippen LogP contribution in [-0.2, 0) is 0 Å². The minimum Gasteiger partial charge on any atom is -0.329 e. The molecule has 1 rings (SSSR count). The van der Waals surface area contributed by atoms with Gasteiger partial charge in [0.05, 0.1) is 11.7 Å². The summed E-state index contributed by atoms with van der Waals surface area (Å²) < 4.78 is 0. The predicted molar refractivity (Wildman–Crippen MR) is 72.7 cm³/mol. The molecule has 0 saturated carbocycles. The Bertz CT molecular complexity index is 300. The average Bonchev–Trinajstić information content (AvgIpc) is 2.39. The highest BCUT2D eigenvalue weighted by atomic mass is 15.2. The van der Waals surface area contributed by atoms with Crippen molar-refractivity contribution in [1.82, 2.24) is 9.88 Å². The van der Waals surface area contributed by atoms with E-state index < -0.39 is 0 Å². The summed E-state index contributed by atoms with van der Waals surface area (Å²) in [6.07, 6.45) is 3.05. The molecule has 1 heterocycles. The Labute approximate surface area is 105 Å². The number of nitrogens with zero attached hydrogens (tertiary/aromatic N) is 2. The lowest BCUT2D eigenvalue weighted by Gasteiger charge is -2.31. The van der Waals surface area contributed by atoms with E-state index in [-0.39, 0.29) is 6.04 Å². The van der Waals surface area contributed by atoms with E-state index in [0.717, 1.165) is 18.8 Å². The number of aromatic nitrogens is 1. The maximum atomic E-state index is 5.92. The van der Waals surface area contributed by atoms with E-state index in [2.05, 4.69) is 36.7 Å². The summed E-state index contributed by atoms with van der Waals surface area (Å²) in [5, 5.41) is 0. The van der Waals surface area contributed by atoms with Gasteiger partial charge in [0.15, 0.2) is 0 Å². The Kier molecular flexibility index (Phi) is 6.16. The first-order valence-electron chi connectivity index (χ1n) is 6.57. The second-order valence-electron chi connectivity index (χ2n) is 4.61. The molecule has 0 aliphatic carbocycles. The summed E-state index contributed by atoms with van der Waals surface area (Å²) in [6, 6.07) is 6.29. The van der Waals surface area contributed by atoms with Crippen molar-refractivity contribution in [2.24, 2.45) is 11.7 Å². The molecule has 0 saturated heterocycles. The van der Waals surface area contributed by atoms with Crippen LogP contribution >= 0.6 is 0 Å². The molecule has 2 atom stereocenters. The number of rotatable bonds is 7. The minimum absolute atomic E-state index is 0.246. The highest BCUT2D eigenvalue weighted by molar-refractivity contribution is 5.09. The monoisotopic (exact) mass is 235 g/mol. The van der Waals surface area contributed by atoms with Gasteiger partial charge < -0.3 is 5.73 Å². The molecule has 0 aliphatic rings. The second kappa shape index (κ2) is 7.41. The maximum absolute atomic E-state index is 5.92. The van der Waals surface area contributed by atoms with Crippen molar-refractivity contribution in [2.75, 3.05) is 19.6 Å². The fraction of sp³-hybridized carbons (Fsp3) is 0.643. The molecule has 3 nitrogen and oxygen atoms in total. The van der Waals surface area contributed by atoms with Crippen molar-refractivity contribution in [3.63, 3.8) is 0 Å². The number of hydrogen-bond donors (Lipinski definition) is 1. The van der Waals surface area contributed by atoms with Crippen LogP contribution in [0.15, 0.2) is 24.4 Å². The van der Waals surface area contributed by atoms with Crippen molar-refractivity contribution in [3.05, 3.63) is 30.1 Å². The van der Waals surface area contributed by atoms with Crippen molar-refractivity contribution in [1.29, 1.82) is 0 Å². The lowest BCUT2D eigenvalue weighted by molar-refractivity contribution is 0.179. The van der Waals surface area contributed by atoms with Crippen LogP contribution in [0.1, 0.15) is 38.9 Å². The van der Waals surface area contributed by atoms with Crippen LogP contribution in [0.2, 0.25) is 0 Å². The smallest absolute Gasteiger partial charge is 0.0644 e. The molecule has 0 fully saturated rings. The van der Waals surface area contributed by atoms with Gasteiger partial charge in [-0.1, -0.05) is 33.3 Å². The Hall–Kier alpha value is -0.930. The van der Waals surface area contributed by atoms with Gasteiger partial charge >= 0.3 is 0 Å². The van der Waals surface area contributed by atoms with E-state index in [1.165, 1.54) is 6.42 Å². The first-order valence-corrected chi connectivity index (χ1v) is 6.57. The zero-order valence-electron chi connectivity index (χ0n) is 11.3. The van der Waals surface area contributed by atoms with E-state index in [1.54, 1.807) is 0 Å². The van der Waals surface area contributed by atoms with Crippen LogP contribution in [0.3, 0.4) is 0 Å². The fourth-order valence-corrected chi connectivity index (χ4v) is 2.04. The third-order valence-electron chi connectivity index (χ3n) is 3.34. The van der Waals surface area contributed by atoms with Crippen molar-refractivity contribution >= 4 is 0 Å². The van der Waals surface area contributed by atoms with Crippen LogP contribution in [-0.4, -0.2) is 29.5 Å². The summed E-state index contributed by atoms with van der Waals surface area (Å²) in [5.74, 6) is 0.702. The number of likely N-dealkylation sites (N-methyl/N-ethyl adjacent to an activating group) is 1. The van der Waals surface area contributed by atoms with Crippen LogP contribution in [0, 0.1) is 5.92 Å². The number of pyridine rings is 1. The largest absolute Gasteiger partial charge is 0.329 e. The van der Waals surface area contributed by atoms with Gasteiger partial charge in [-0.05, 0) is 24.6 Å². The normalized spacial score (nSPS) is 14.9. The first-order chi connectivity index (χ1) is 8.22. The van der Waals surface area contributed by atoms with E-state index in [1.807, 2.05) is 18.3 Å². The van der Waals surface area contributed by atoms with Crippen molar-refractivity contribution in [3.8, 4) is 0 Å². The van der Waals surface area contributed by atoms with Crippen LogP contribution in [0.5, 0.6) is 0 Å². The lowest BCUT2D eigenvalue weighted by Crippen LogP contribution is -2.37. The van der Waals surface area contributed by atoms with E-state index >= 15 is 0 Å². The topological polar surface area (TPSA) is 42.1 Å². The molecule has 2 N–H and O–H groups in total. The van der Waals surface area contributed by atoms with Crippen LogP contribution in [0.4, 0.5) is 0 Å². The number of hydrogen-bond acceptors (Lipinski definition) is 3. The molecule has 17 heavy (non-hydrogen) atoms. The van der Waals surface area contributed by atoms with Gasteiger partial charge in [-0.25, -0.2) is 0 Å². The maximum Gasteiger partial charge on any atom is 0.0644 e. The Morgan fingerprint density at radius 1 is 1.35 bits per heavy atom. The highest BCUT2D eigenvalue weighted by Crippen LogP contribution is 2.19. The predicted octanol–water partition coefficient (Wildman–Crippen LogP) is 2.45. The quantitative estimate of drug-likeness (QED) is 0.789. The molecule has 0 aromatic carbocycles. The Balaban J connectivity index is 2.76. The zero-order chi connectivity index (χ0) is 12.7. The second-order valence-corrected chi connectivity index (χ2v) is 4.61. The standard InChI is InChI=1S/C14H25N3/c1-4-12(3)11-17(5-2)14(10-15)13-8-6-7-9-16-13/h6-9,12,14H,4-5,10-11,15H2,1-3H3. The molecule has 0 radical (unpaired) electrons. The van der Waals surface area contributed by atoms with Gasteiger partial charge in [-0.3, -0.25) is 9.88 Å². The SMILES string of the molecule is CCC(C)CN(CC)C(CN)c1ccccn1. The third-order valence-corrected chi connectivity index (χ3v) is 3.34. The summed E-state index contributed by atoms with van der Waals surface area (Å²) in [5.41, 5.74) is 7.00. The number of nitrogens with two attached hydrogens (primary N) is 1. The molecule has 3 heteroatoms. The molecular weight excluding hydrogens is 210 g/mol. The van der Waals surface area contributed by atoms with Crippen LogP contribution < -0.4 is 5.73 Å². The summed E-state index contributed by atoms with van der Waals surface area (Å²) in [7, 11) is 0. The molecule has 0 bridgehead atoms. The van der Waals surface area contributed by atoms with Gasteiger partial charge in [0, 0.05) is 19.3 Å². The minimum atomic E-state index is 0.246. The summed E-state index contributed by atoms with van der Waals surface area (Å²) >= 11 is 0. The third kappa shape index (κ3) is 4.10. The molecule has 96 valence electrons. The fourth-order valence-electron chi connectivity index (χ4n) is 2.04. The van der Waals surface area contributed by atoms with Gasteiger partial charge in [0.25, 0.3) is 0 Å². The molecular formula is C14H25N3. The van der Waals surface area contributed by atoms with E-state index in [9.17, 15) is 0 Å². The van der Waals surface area contributed by atoms with Crippen LogP contribution in [0.25, 0.3) is 0 Å². The summed E-state index contributed by atoms with van der Waals surface area (Å²) in [4.78, 5) is 6.86. The summed E-state index contributed by atoms with van der Waals surface area (Å²) in [6.45, 7) is 9.44.